The van der Waals surface area contributed by atoms with Crippen molar-refractivity contribution in [3.63, 3.8) is 0 Å². The Balaban J connectivity index is 2.02. The molecule has 0 amide bonds. The Morgan fingerprint density at radius 2 is 2.13 bits per heavy atom. The van der Waals surface area contributed by atoms with Crippen LogP contribution in [0.2, 0.25) is 0 Å². The number of nitrogens with zero attached hydrogens (tertiary/aromatic N) is 2. The fourth-order valence-electron chi connectivity index (χ4n) is 1.77. The minimum Gasteiger partial charge on any atom is -0.380 e. The number of ether oxygens (including phenoxy) is 1. The van der Waals surface area contributed by atoms with Crippen LogP contribution >= 0.6 is 11.3 Å². The summed E-state index contributed by atoms with van der Waals surface area (Å²) in [6, 6.07) is 7.36. The van der Waals surface area contributed by atoms with Gasteiger partial charge >= 0.3 is 6.18 Å². The molecule has 124 valence electrons. The zero-order valence-corrected chi connectivity index (χ0v) is 13.0. The summed E-state index contributed by atoms with van der Waals surface area (Å²) < 4.78 is 42.5. The van der Waals surface area contributed by atoms with E-state index < -0.39 is 11.9 Å². The van der Waals surface area contributed by atoms with Crippen LogP contribution < -0.4 is 11.1 Å². The molecule has 0 aliphatic heterocycles. The summed E-state index contributed by atoms with van der Waals surface area (Å²) in [6.45, 7) is 0.379. The Morgan fingerprint density at radius 1 is 1.39 bits per heavy atom. The van der Waals surface area contributed by atoms with E-state index in [1.807, 2.05) is 24.3 Å². The number of nitrogens with one attached hydrogen (secondary N) is 1. The summed E-state index contributed by atoms with van der Waals surface area (Å²) >= 11 is 0.894. The Kier molecular flexibility index (Phi) is 5.56. The minimum atomic E-state index is -4.44. The number of aromatic nitrogens is 1. The maximum atomic E-state index is 12.5. The fraction of sp³-hybridized carbons (Fsp3) is 0.286. The molecule has 2 aromatic rings. The van der Waals surface area contributed by atoms with Gasteiger partial charge in [0.15, 0.2) is 11.7 Å². The first-order valence-electron chi connectivity index (χ1n) is 6.55. The summed E-state index contributed by atoms with van der Waals surface area (Å²) in [4.78, 5) is 7.50. The standard InChI is InChI=1S/C14H15F3N4OS/c1-22-7-9-4-2-3-5-10(9)20-13(18)19-6-12-21-11(8-23-12)14(15,16)17/h2-5,8H,6-7H2,1H3,(H3,18,19,20). The van der Waals surface area contributed by atoms with Gasteiger partial charge in [0.05, 0.1) is 13.2 Å². The van der Waals surface area contributed by atoms with Gasteiger partial charge in [-0.25, -0.2) is 9.98 Å². The van der Waals surface area contributed by atoms with Crippen molar-refractivity contribution in [1.29, 1.82) is 0 Å². The molecular weight excluding hydrogens is 329 g/mol. The molecule has 0 radical (unpaired) electrons. The minimum absolute atomic E-state index is 0.0218. The van der Waals surface area contributed by atoms with Crippen LogP contribution in [-0.2, 0) is 24.1 Å². The van der Waals surface area contributed by atoms with Crippen LogP contribution in [0.3, 0.4) is 0 Å². The monoisotopic (exact) mass is 344 g/mol. The van der Waals surface area contributed by atoms with Gasteiger partial charge in [0.2, 0.25) is 0 Å². The zero-order chi connectivity index (χ0) is 16.9. The van der Waals surface area contributed by atoms with Crippen molar-refractivity contribution in [2.75, 3.05) is 12.4 Å². The molecule has 0 spiro atoms. The maximum Gasteiger partial charge on any atom is 0.434 e. The highest BCUT2D eigenvalue weighted by molar-refractivity contribution is 7.09. The lowest BCUT2D eigenvalue weighted by atomic mass is 10.2. The first kappa shape index (κ1) is 17.2. The second-order valence-electron chi connectivity index (χ2n) is 4.54. The number of alkyl halides is 3. The number of aliphatic imine (C=N–C) groups is 1. The lowest BCUT2D eigenvalue weighted by molar-refractivity contribution is -0.140. The van der Waals surface area contributed by atoms with E-state index in [0.717, 1.165) is 28.0 Å². The van der Waals surface area contributed by atoms with E-state index in [-0.39, 0.29) is 17.5 Å². The van der Waals surface area contributed by atoms with E-state index in [4.69, 9.17) is 10.5 Å². The number of halogens is 3. The highest BCUT2D eigenvalue weighted by Gasteiger charge is 2.33. The van der Waals surface area contributed by atoms with Crippen molar-refractivity contribution < 1.29 is 17.9 Å². The third-order valence-electron chi connectivity index (χ3n) is 2.81. The molecule has 2 rings (SSSR count). The van der Waals surface area contributed by atoms with Gasteiger partial charge in [0.1, 0.15) is 5.01 Å². The number of para-hydroxylation sites is 1. The number of anilines is 1. The van der Waals surface area contributed by atoms with Crippen molar-refractivity contribution in [2.24, 2.45) is 10.7 Å². The SMILES string of the molecule is COCc1ccccc1NC(N)=NCc1nc(C(F)(F)F)cs1. The van der Waals surface area contributed by atoms with Gasteiger partial charge in [-0.3, -0.25) is 0 Å². The Labute approximate surface area is 135 Å². The van der Waals surface area contributed by atoms with E-state index in [2.05, 4.69) is 15.3 Å². The predicted octanol–water partition coefficient (Wildman–Crippen LogP) is 3.24. The van der Waals surface area contributed by atoms with Gasteiger partial charge < -0.3 is 15.8 Å². The summed E-state index contributed by atoms with van der Waals surface area (Å²) in [7, 11) is 1.58. The highest BCUT2D eigenvalue weighted by Crippen LogP contribution is 2.30. The maximum absolute atomic E-state index is 12.5. The average molecular weight is 344 g/mol. The van der Waals surface area contributed by atoms with Crippen LogP contribution in [0.4, 0.5) is 18.9 Å². The number of guanidine groups is 1. The largest absolute Gasteiger partial charge is 0.434 e. The predicted molar refractivity (Wildman–Crippen MR) is 83.2 cm³/mol. The quantitative estimate of drug-likeness (QED) is 0.645. The number of nitrogens with two attached hydrogens (primary N) is 1. The molecule has 0 unspecified atom stereocenters. The molecule has 1 aromatic carbocycles. The Hall–Kier alpha value is -2.13. The van der Waals surface area contributed by atoms with E-state index in [0.29, 0.717) is 6.61 Å². The molecule has 0 bridgehead atoms. The Bertz CT molecular complexity index is 685. The molecule has 23 heavy (non-hydrogen) atoms. The number of hydrogen-bond donors (Lipinski definition) is 2. The summed E-state index contributed by atoms with van der Waals surface area (Å²) in [5.74, 6) is 0.0947. The topological polar surface area (TPSA) is 72.5 Å². The van der Waals surface area contributed by atoms with Crippen molar-refractivity contribution in [3.8, 4) is 0 Å². The lowest BCUT2D eigenvalue weighted by Gasteiger charge is -2.10. The molecule has 9 heteroatoms. The molecule has 0 saturated carbocycles. The van der Waals surface area contributed by atoms with E-state index in [1.165, 1.54) is 0 Å². The van der Waals surface area contributed by atoms with E-state index >= 15 is 0 Å². The zero-order valence-electron chi connectivity index (χ0n) is 12.2. The van der Waals surface area contributed by atoms with Crippen molar-refractivity contribution >= 4 is 23.0 Å². The first-order chi connectivity index (χ1) is 10.9. The van der Waals surface area contributed by atoms with Gasteiger partial charge in [-0.1, -0.05) is 18.2 Å². The van der Waals surface area contributed by atoms with Gasteiger partial charge in [0, 0.05) is 23.7 Å². The molecule has 3 N–H and O–H groups in total. The second kappa shape index (κ2) is 7.42. The Morgan fingerprint density at radius 3 is 2.78 bits per heavy atom. The van der Waals surface area contributed by atoms with Crippen molar-refractivity contribution in [1.82, 2.24) is 4.98 Å². The van der Waals surface area contributed by atoms with Gasteiger partial charge in [-0.05, 0) is 6.07 Å². The van der Waals surface area contributed by atoms with Crippen molar-refractivity contribution in [3.05, 3.63) is 45.9 Å². The van der Waals surface area contributed by atoms with Crippen LogP contribution in [0.25, 0.3) is 0 Å². The van der Waals surface area contributed by atoms with Crippen LogP contribution in [0.15, 0.2) is 34.6 Å². The fourth-order valence-corrected chi connectivity index (χ4v) is 2.49. The first-order valence-corrected chi connectivity index (χ1v) is 7.43. The third kappa shape index (κ3) is 4.93. The van der Waals surface area contributed by atoms with Gasteiger partial charge in [0.25, 0.3) is 0 Å². The van der Waals surface area contributed by atoms with E-state index in [9.17, 15) is 13.2 Å². The lowest BCUT2D eigenvalue weighted by Crippen LogP contribution is -2.23. The molecule has 1 aromatic heterocycles. The molecule has 0 aliphatic rings. The van der Waals surface area contributed by atoms with E-state index in [1.54, 1.807) is 7.11 Å². The number of rotatable bonds is 5. The van der Waals surface area contributed by atoms with Crippen LogP contribution in [0, 0.1) is 0 Å². The van der Waals surface area contributed by atoms with Gasteiger partial charge in [-0.15, -0.1) is 11.3 Å². The molecule has 0 atom stereocenters. The summed E-state index contributed by atoms with van der Waals surface area (Å²) in [6.07, 6.45) is -4.44. The highest BCUT2D eigenvalue weighted by atomic mass is 32.1. The number of hydrogen-bond acceptors (Lipinski definition) is 4. The molecule has 0 aliphatic carbocycles. The van der Waals surface area contributed by atoms with Crippen molar-refractivity contribution in [2.45, 2.75) is 19.3 Å². The molecule has 5 nitrogen and oxygen atoms in total. The second-order valence-corrected chi connectivity index (χ2v) is 5.48. The molecular formula is C14H15F3N4OS. The molecule has 0 saturated heterocycles. The molecule has 0 fully saturated rings. The smallest absolute Gasteiger partial charge is 0.380 e. The number of methoxy groups -OCH3 is 1. The summed E-state index contributed by atoms with van der Waals surface area (Å²) in [5, 5.41) is 4.11. The number of benzene rings is 1. The normalized spacial score (nSPS) is 12.4. The molecule has 1 heterocycles. The summed E-state index contributed by atoms with van der Waals surface area (Å²) in [5.41, 5.74) is 6.47. The van der Waals surface area contributed by atoms with Crippen LogP contribution in [0.5, 0.6) is 0 Å². The van der Waals surface area contributed by atoms with Crippen LogP contribution in [-0.4, -0.2) is 18.1 Å². The average Bonchev–Trinajstić information content (AvgIpc) is 2.96. The van der Waals surface area contributed by atoms with Crippen LogP contribution in [0.1, 0.15) is 16.3 Å². The third-order valence-corrected chi connectivity index (χ3v) is 3.64. The number of thiazole rings is 1. The van der Waals surface area contributed by atoms with Gasteiger partial charge in [-0.2, -0.15) is 13.2 Å².